The van der Waals surface area contributed by atoms with Crippen molar-refractivity contribution in [1.29, 1.82) is 0 Å². The van der Waals surface area contributed by atoms with Crippen molar-refractivity contribution in [2.45, 2.75) is 62.2 Å². The lowest BCUT2D eigenvalue weighted by Gasteiger charge is -2.49. The summed E-state index contributed by atoms with van der Waals surface area (Å²) in [6.45, 7) is 1.84. The van der Waals surface area contributed by atoms with E-state index in [-0.39, 0.29) is 5.54 Å². The smallest absolute Gasteiger partial charge is 0.309 e. The van der Waals surface area contributed by atoms with E-state index in [9.17, 15) is 13.2 Å². The van der Waals surface area contributed by atoms with Gasteiger partial charge in [0.25, 0.3) is 0 Å². The van der Waals surface area contributed by atoms with Crippen LogP contribution in [-0.2, 0) is 0 Å². The minimum Gasteiger partial charge on any atom is -0.309 e. The number of alkyl halides is 3. The van der Waals surface area contributed by atoms with Crippen molar-refractivity contribution >= 4 is 0 Å². The highest BCUT2D eigenvalue weighted by Gasteiger charge is 2.67. The van der Waals surface area contributed by atoms with Gasteiger partial charge in [-0.3, -0.25) is 4.90 Å². The minimum absolute atomic E-state index is 0.0304. The number of hydrogen-bond acceptors (Lipinski definition) is 2. The molecule has 0 atom stereocenters. The molecule has 104 valence electrons. The van der Waals surface area contributed by atoms with Gasteiger partial charge in [-0.2, -0.15) is 13.2 Å². The van der Waals surface area contributed by atoms with E-state index >= 15 is 0 Å². The molecule has 1 saturated heterocycles. The van der Waals surface area contributed by atoms with Gasteiger partial charge in [0.1, 0.15) is 5.54 Å². The molecule has 1 heterocycles. The van der Waals surface area contributed by atoms with Crippen LogP contribution in [0.5, 0.6) is 0 Å². The van der Waals surface area contributed by atoms with Crippen molar-refractivity contribution in [2.75, 3.05) is 19.6 Å². The summed E-state index contributed by atoms with van der Waals surface area (Å²) in [5, 5.41) is 3.51. The molecule has 0 radical (unpaired) electrons. The van der Waals surface area contributed by atoms with Crippen LogP contribution >= 0.6 is 0 Å². The predicted octanol–water partition coefficient (Wildman–Crippen LogP) is 2.69. The molecule has 0 bridgehead atoms. The normalized spacial score (nSPS) is 31.5. The fraction of sp³-hybridized carbons (Fsp3) is 1.00. The molecule has 3 rings (SSSR count). The van der Waals surface area contributed by atoms with Crippen LogP contribution in [0, 0.1) is 0 Å². The van der Waals surface area contributed by atoms with Gasteiger partial charge in [-0.25, -0.2) is 0 Å². The van der Waals surface area contributed by atoms with Gasteiger partial charge in [0.05, 0.1) is 0 Å². The Bertz CT molecular complexity index is 311. The highest BCUT2D eigenvalue weighted by molar-refractivity contribution is 5.13. The Balaban J connectivity index is 1.74. The van der Waals surface area contributed by atoms with Crippen molar-refractivity contribution in [3.8, 4) is 0 Å². The van der Waals surface area contributed by atoms with Gasteiger partial charge in [-0.15, -0.1) is 0 Å². The molecule has 5 heteroatoms. The molecule has 1 N–H and O–H groups in total. The molecule has 1 spiro atoms. The fourth-order valence-electron chi connectivity index (χ4n) is 3.78. The van der Waals surface area contributed by atoms with Crippen LogP contribution in [0.15, 0.2) is 0 Å². The second-order valence-corrected chi connectivity index (χ2v) is 6.22. The van der Waals surface area contributed by atoms with Crippen LogP contribution in [0.3, 0.4) is 0 Å². The highest BCUT2D eigenvalue weighted by Crippen LogP contribution is 2.54. The van der Waals surface area contributed by atoms with Crippen molar-refractivity contribution in [3.05, 3.63) is 0 Å². The summed E-state index contributed by atoms with van der Waals surface area (Å²) in [6.07, 6.45) is 2.15. The maximum Gasteiger partial charge on any atom is 0.406 e. The zero-order valence-electron chi connectivity index (χ0n) is 10.7. The molecule has 0 aromatic rings. The first-order chi connectivity index (χ1) is 8.48. The van der Waals surface area contributed by atoms with Crippen molar-refractivity contribution in [2.24, 2.45) is 0 Å². The summed E-state index contributed by atoms with van der Waals surface area (Å²) in [4.78, 5) is 1.73. The zero-order chi connectivity index (χ0) is 12.9. The largest absolute Gasteiger partial charge is 0.406 e. The molecule has 3 fully saturated rings. The topological polar surface area (TPSA) is 15.3 Å². The van der Waals surface area contributed by atoms with Gasteiger partial charge in [0.2, 0.25) is 0 Å². The van der Waals surface area contributed by atoms with Crippen molar-refractivity contribution in [1.82, 2.24) is 10.2 Å². The Labute approximate surface area is 106 Å². The fourth-order valence-corrected chi connectivity index (χ4v) is 3.78. The van der Waals surface area contributed by atoms with E-state index in [1.807, 2.05) is 0 Å². The van der Waals surface area contributed by atoms with E-state index in [1.54, 1.807) is 4.90 Å². The summed E-state index contributed by atoms with van der Waals surface area (Å²) in [5.74, 6) is 0. The van der Waals surface area contributed by atoms with Crippen molar-refractivity contribution in [3.63, 3.8) is 0 Å². The van der Waals surface area contributed by atoms with Gasteiger partial charge in [0, 0.05) is 25.2 Å². The van der Waals surface area contributed by atoms with Crippen LogP contribution in [0.1, 0.15) is 44.9 Å². The molecule has 18 heavy (non-hydrogen) atoms. The number of nitrogens with one attached hydrogen (secondary N) is 1. The molecule has 3 aliphatic rings. The molecule has 0 aromatic carbocycles. The second kappa shape index (κ2) is 4.10. The number of rotatable bonds is 1. The van der Waals surface area contributed by atoms with E-state index in [4.69, 9.17) is 0 Å². The molecule has 0 unspecified atom stereocenters. The van der Waals surface area contributed by atoms with Gasteiger partial charge in [-0.1, -0.05) is 19.3 Å². The summed E-state index contributed by atoms with van der Waals surface area (Å²) < 4.78 is 39.5. The van der Waals surface area contributed by atoms with Crippen LogP contribution in [0.4, 0.5) is 13.2 Å². The van der Waals surface area contributed by atoms with E-state index in [0.29, 0.717) is 32.5 Å². The first-order valence-corrected chi connectivity index (χ1v) is 7.04. The van der Waals surface area contributed by atoms with Gasteiger partial charge < -0.3 is 5.32 Å². The van der Waals surface area contributed by atoms with Crippen molar-refractivity contribution < 1.29 is 13.2 Å². The van der Waals surface area contributed by atoms with Gasteiger partial charge >= 0.3 is 6.18 Å². The second-order valence-electron chi connectivity index (χ2n) is 6.22. The Morgan fingerprint density at radius 3 is 2.17 bits per heavy atom. The number of halogens is 3. The van der Waals surface area contributed by atoms with E-state index in [2.05, 4.69) is 5.32 Å². The number of piperazine rings is 1. The maximum atomic E-state index is 13.2. The average Bonchev–Trinajstić information content (AvgIpc) is 3.10. The monoisotopic (exact) mass is 262 g/mol. The van der Waals surface area contributed by atoms with Crippen LogP contribution < -0.4 is 5.32 Å². The molecule has 2 nitrogen and oxygen atoms in total. The number of nitrogens with zero attached hydrogens (tertiary/aromatic N) is 1. The molecule has 0 amide bonds. The summed E-state index contributed by atoms with van der Waals surface area (Å²) in [7, 11) is 0. The van der Waals surface area contributed by atoms with Crippen LogP contribution in [0.2, 0.25) is 0 Å². The predicted molar refractivity (Wildman–Crippen MR) is 63.4 cm³/mol. The minimum atomic E-state index is -4.06. The molecule has 2 aliphatic carbocycles. The quantitative estimate of drug-likeness (QED) is 0.781. The summed E-state index contributed by atoms with van der Waals surface area (Å²) >= 11 is 0. The first-order valence-electron chi connectivity index (χ1n) is 7.04. The van der Waals surface area contributed by atoms with E-state index in [1.165, 1.54) is 6.42 Å². The standard InChI is InChI=1S/C13H21F3N2/c14-13(15,16)12(6-7-12)18-9-8-17-11(10-18)4-2-1-3-5-11/h17H,1-10H2. The molecule has 1 aliphatic heterocycles. The van der Waals surface area contributed by atoms with Gasteiger partial charge in [-0.05, 0) is 25.7 Å². The molecule has 0 aromatic heterocycles. The third-order valence-electron chi connectivity index (χ3n) is 5.04. The third-order valence-corrected chi connectivity index (χ3v) is 5.04. The lowest BCUT2D eigenvalue weighted by Crippen LogP contribution is -2.65. The highest BCUT2D eigenvalue weighted by atomic mass is 19.4. The lowest BCUT2D eigenvalue weighted by atomic mass is 9.79. The lowest BCUT2D eigenvalue weighted by molar-refractivity contribution is -0.202. The zero-order valence-corrected chi connectivity index (χ0v) is 10.7. The van der Waals surface area contributed by atoms with Crippen LogP contribution in [-0.4, -0.2) is 41.8 Å². The maximum absolute atomic E-state index is 13.2. The molecule has 2 saturated carbocycles. The average molecular weight is 262 g/mol. The summed E-state index contributed by atoms with van der Waals surface area (Å²) in [5.41, 5.74) is -1.50. The van der Waals surface area contributed by atoms with Gasteiger partial charge in [0.15, 0.2) is 0 Å². The van der Waals surface area contributed by atoms with Crippen LogP contribution in [0.25, 0.3) is 0 Å². The SMILES string of the molecule is FC(F)(F)C1(N2CCNC3(CCCCC3)C2)CC1. The molecular formula is C13H21F3N2. The molecular weight excluding hydrogens is 241 g/mol. The Hall–Kier alpha value is -0.290. The Morgan fingerprint density at radius 2 is 1.61 bits per heavy atom. The third kappa shape index (κ3) is 1.95. The first kappa shape index (κ1) is 12.7. The van der Waals surface area contributed by atoms with E-state index < -0.39 is 11.7 Å². The Morgan fingerprint density at radius 1 is 0.944 bits per heavy atom. The summed E-state index contributed by atoms with van der Waals surface area (Å²) in [6, 6.07) is 0. The Kier molecular flexibility index (Phi) is 2.90. The van der Waals surface area contributed by atoms with E-state index in [0.717, 1.165) is 25.7 Å². The number of hydrogen-bond donors (Lipinski definition) is 1.